The highest BCUT2D eigenvalue weighted by Crippen LogP contribution is 2.15. The first kappa shape index (κ1) is 13.6. The van der Waals surface area contributed by atoms with Crippen molar-refractivity contribution < 1.29 is 8.42 Å². The zero-order valence-electron chi connectivity index (χ0n) is 9.42. The van der Waals surface area contributed by atoms with Gasteiger partial charge < -0.3 is 0 Å². The summed E-state index contributed by atoms with van der Waals surface area (Å²) in [6.07, 6.45) is 2.84. The van der Waals surface area contributed by atoms with Crippen LogP contribution in [0.15, 0.2) is 33.2 Å². The molecule has 0 saturated heterocycles. The molecule has 0 bridgehead atoms. The van der Waals surface area contributed by atoms with E-state index in [0.717, 1.165) is 5.01 Å². The number of hydrogen-bond donors (Lipinski definition) is 1. The highest BCUT2D eigenvalue weighted by atomic mass is 79.9. The van der Waals surface area contributed by atoms with Crippen LogP contribution in [0.25, 0.3) is 0 Å². The Morgan fingerprint density at radius 1 is 1.44 bits per heavy atom. The van der Waals surface area contributed by atoms with E-state index in [4.69, 9.17) is 0 Å². The molecule has 0 aliphatic heterocycles. The summed E-state index contributed by atoms with van der Waals surface area (Å²) in [4.78, 5) is 8.15. The fourth-order valence-corrected chi connectivity index (χ4v) is 3.40. The Bertz CT molecular complexity index is 655. The second-order valence-corrected chi connectivity index (χ2v) is 7.27. The summed E-state index contributed by atoms with van der Waals surface area (Å²) in [6, 6.07) is 1.50. The molecule has 96 valence electrons. The van der Waals surface area contributed by atoms with Gasteiger partial charge in [0.25, 0.3) is 0 Å². The molecule has 8 heteroatoms. The maximum absolute atomic E-state index is 12.0. The third kappa shape index (κ3) is 3.35. The van der Waals surface area contributed by atoms with E-state index in [1.807, 2.05) is 12.3 Å². The van der Waals surface area contributed by atoms with Crippen molar-refractivity contribution >= 4 is 37.3 Å². The van der Waals surface area contributed by atoms with Gasteiger partial charge >= 0.3 is 0 Å². The number of sulfonamides is 1. The molecule has 0 atom stereocenters. The summed E-state index contributed by atoms with van der Waals surface area (Å²) in [5.41, 5.74) is 0.712. The van der Waals surface area contributed by atoms with E-state index in [1.54, 1.807) is 0 Å². The lowest BCUT2D eigenvalue weighted by molar-refractivity contribution is 0.580. The molecule has 0 aliphatic rings. The van der Waals surface area contributed by atoms with Gasteiger partial charge in [-0.1, -0.05) is 0 Å². The lowest BCUT2D eigenvalue weighted by Gasteiger charge is -2.05. The van der Waals surface area contributed by atoms with Crippen LogP contribution in [0.3, 0.4) is 0 Å². The topological polar surface area (TPSA) is 72.0 Å². The molecule has 0 aromatic carbocycles. The third-order valence-electron chi connectivity index (χ3n) is 2.10. The predicted octanol–water partition coefficient (Wildman–Crippen LogP) is 2.09. The minimum atomic E-state index is -3.55. The van der Waals surface area contributed by atoms with Gasteiger partial charge in [-0.05, 0) is 28.9 Å². The Labute approximate surface area is 117 Å². The van der Waals surface area contributed by atoms with Crippen molar-refractivity contribution in [1.29, 1.82) is 0 Å². The van der Waals surface area contributed by atoms with Crippen molar-refractivity contribution in [3.05, 3.63) is 39.0 Å². The number of rotatable bonds is 4. The average Bonchev–Trinajstić information content (AvgIpc) is 2.73. The second kappa shape index (κ2) is 5.43. The molecule has 0 spiro atoms. The highest BCUT2D eigenvalue weighted by Gasteiger charge is 2.15. The first-order valence-electron chi connectivity index (χ1n) is 4.98. The summed E-state index contributed by atoms with van der Waals surface area (Å²) in [6.45, 7) is 2.06. The Balaban J connectivity index is 2.13. The molecule has 0 unspecified atom stereocenters. The summed E-state index contributed by atoms with van der Waals surface area (Å²) in [5, 5.41) is 2.74. The number of pyridine rings is 1. The molecule has 0 aliphatic carbocycles. The van der Waals surface area contributed by atoms with Gasteiger partial charge in [-0.15, -0.1) is 11.3 Å². The molecule has 18 heavy (non-hydrogen) atoms. The highest BCUT2D eigenvalue weighted by molar-refractivity contribution is 9.10. The lowest BCUT2D eigenvalue weighted by atomic mass is 10.5. The number of aromatic nitrogens is 2. The smallest absolute Gasteiger partial charge is 0.242 e. The fourth-order valence-electron chi connectivity index (χ4n) is 1.28. The second-order valence-electron chi connectivity index (χ2n) is 3.52. The molecule has 1 N–H and O–H groups in total. The van der Waals surface area contributed by atoms with E-state index in [0.29, 0.717) is 10.2 Å². The molecule has 0 amide bonds. The van der Waals surface area contributed by atoms with Crippen molar-refractivity contribution in [2.24, 2.45) is 0 Å². The lowest BCUT2D eigenvalue weighted by Crippen LogP contribution is -2.23. The van der Waals surface area contributed by atoms with E-state index < -0.39 is 10.0 Å². The summed E-state index contributed by atoms with van der Waals surface area (Å²) in [5.74, 6) is 0. The summed E-state index contributed by atoms with van der Waals surface area (Å²) < 4.78 is 27.0. The van der Waals surface area contributed by atoms with E-state index in [9.17, 15) is 8.42 Å². The van der Waals surface area contributed by atoms with Gasteiger partial charge in [0.05, 0.1) is 17.2 Å². The van der Waals surface area contributed by atoms with Crippen LogP contribution < -0.4 is 4.72 Å². The minimum absolute atomic E-state index is 0.129. The minimum Gasteiger partial charge on any atom is -0.262 e. The molecule has 0 fully saturated rings. The van der Waals surface area contributed by atoms with Crippen LogP contribution in [0.1, 0.15) is 10.7 Å². The van der Waals surface area contributed by atoms with E-state index in [-0.39, 0.29) is 11.4 Å². The van der Waals surface area contributed by atoms with Crippen molar-refractivity contribution in [1.82, 2.24) is 14.7 Å². The molecule has 0 saturated carbocycles. The Morgan fingerprint density at radius 2 is 2.22 bits per heavy atom. The van der Waals surface area contributed by atoms with Gasteiger partial charge in [0, 0.05) is 22.2 Å². The molecule has 5 nitrogen and oxygen atoms in total. The van der Waals surface area contributed by atoms with Gasteiger partial charge in [0.2, 0.25) is 10.0 Å². The molecular formula is C10H10BrN3O2S2. The van der Waals surface area contributed by atoms with Crippen molar-refractivity contribution in [2.75, 3.05) is 0 Å². The van der Waals surface area contributed by atoms with Gasteiger partial charge in [-0.3, -0.25) is 4.98 Å². The fraction of sp³-hybridized carbons (Fsp3) is 0.200. The van der Waals surface area contributed by atoms with Gasteiger partial charge in [-0.2, -0.15) is 0 Å². The Hall–Kier alpha value is -0.830. The van der Waals surface area contributed by atoms with E-state index >= 15 is 0 Å². The van der Waals surface area contributed by atoms with Gasteiger partial charge in [0.15, 0.2) is 0 Å². The van der Waals surface area contributed by atoms with Crippen LogP contribution in [0, 0.1) is 6.92 Å². The standard InChI is InChI=1S/C10H10BrN3O2S2/c1-7-14-9(6-17-7)4-13-18(15,16)10-2-8(11)3-12-5-10/h2-3,5-6,13H,4H2,1H3. The number of thiazole rings is 1. The van der Waals surface area contributed by atoms with Crippen LogP contribution in [-0.2, 0) is 16.6 Å². The molecule has 2 aromatic rings. The van der Waals surface area contributed by atoms with E-state index in [2.05, 4.69) is 30.6 Å². The SMILES string of the molecule is Cc1nc(CNS(=O)(=O)c2cncc(Br)c2)cs1. The van der Waals surface area contributed by atoms with Crippen LogP contribution in [0.2, 0.25) is 0 Å². The van der Waals surface area contributed by atoms with Gasteiger partial charge in [0.1, 0.15) is 4.90 Å². The monoisotopic (exact) mass is 347 g/mol. The largest absolute Gasteiger partial charge is 0.262 e. The average molecular weight is 348 g/mol. The van der Waals surface area contributed by atoms with Crippen molar-refractivity contribution in [3.8, 4) is 0 Å². The quantitative estimate of drug-likeness (QED) is 0.918. The number of hydrogen-bond acceptors (Lipinski definition) is 5. The molecule has 0 radical (unpaired) electrons. The summed E-state index contributed by atoms with van der Waals surface area (Å²) >= 11 is 4.68. The zero-order valence-corrected chi connectivity index (χ0v) is 12.6. The molecular weight excluding hydrogens is 338 g/mol. The van der Waals surface area contributed by atoms with Crippen LogP contribution >= 0.6 is 27.3 Å². The summed E-state index contributed by atoms with van der Waals surface area (Å²) in [7, 11) is -3.55. The van der Waals surface area contributed by atoms with Crippen molar-refractivity contribution in [2.45, 2.75) is 18.4 Å². The first-order valence-corrected chi connectivity index (χ1v) is 8.14. The maximum atomic E-state index is 12.0. The number of halogens is 1. The Kier molecular flexibility index (Phi) is 4.10. The number of aryl methyl sites for hydroxylation is 1. The normalized spacial score (nSPS) is 11.7. The maximum Gasteiger partial charge on any atom is 0.242 e. The Morgan fingerprint density at radius 3 is 2.83 bits per heavy atom. The number of nitrogens with zero attached hydrogens (tertiary/aromatic N) is 2. The third-order valence-corrected chi connectivity index (χ3v) is 4.72. The first-order chi connectivity index (χ1) is 8.47. The molecule has 2 rings (SSSR count). The predicted molar refractivity (Wildman–Crippen MR) is 72.8 cm³/mol. The van der Waals surface area contributed by atoms with Crippen LogP contribution in [0.4, 0.5) is 0 Å². The van der Waals surface area contributed by atoms with E-state index in [1.165, 1.54) is 29.8 Å². The van der Waals surface area contributed by atoms with Crippen LogP contribution in [-0.4, -0.2) is 18.4 Å². The zero-order chi connectivity index (χ0) is 13.2. The number of nitrogens with one attached hydrogen (secondary N) is 1. The molecule has 2 heterocycles. The van der Waals surface area contributed by atoms with Crippen LogP contribution in [0.5, 0.6) is 0 Å². The molecule has 2 aromatic heterocycles. The van der Waals surface area contributed by atoms with Gasteiger partial charge in [-0.25, -0.2) is 18.1 Å². The van der Waals surface area contributed by atoms with Crippen molar-refractivity contribution in [3.63, 3.8) is 0 Å².